The molecule has 0 heterocycles. The van der Waals surface area contributed by atoms with E-state index in [9.17, 15) is 0 Å². The lowest BCUT2D eigenvalue weighted by Crippen LogP contribution is -1.95. The number of hydrogen-bond donors (Lipinski definition) is 0. The molecule has 1 unspecified atom stereocenters. The topological polar surface area (TPSA) is 0 Å². The van der Waals surface area contributed by atoms with E-state index < -0.39 is 0 Å². The first kappa shape index (κ1) is 5.14. The van der Waals surface area contributed by atoms with Crippen molar-refractivity contribution < 1.29 is 0 Å². The molecule has 0 radical (unpaired) electrons. The Labute approximate surface area is 45.9 Å². The zero-order chi connectivity index (χ0) is 5.28. The maximum Gasteiger partial charge on any atom is -0.0417 e. The molecule has 1 aliphatic carbocycles. The van der Waals surface area contributed by atoms with Gasteiger partial charge in [0.25, 0.3) is 0 Å². The lowest BCUT2D eigenvalue weighted by molar-refractivity contribution is 0.457. The van der Waals surface area contributed by atoms with Crippen LogP contribution in [0.3, 0.4) is 0 Å². The Balaban J connectivity index is 2.33. The predicted octanol–water partition coefficient (Wildman–Crippen LogP) is 2.44. The van der Waals surface area contributed by atoms with Crippen LogP contribution in [0.1, 0.15) is 33.1 Å². The highest BCUT2D eigenvalue weighted by Crippen LogP contribution is 2.29. The molecule has 42 valence electrons. The molecule has 0 heteroatoms. The molecule has 0 aliphatic heterocycles. The molecule has 1 aliphatic rings. The molecular formula is C7H14. The zero-order valence-corrected chi connectivity index (χ0v) is 5.28. The van der Waals surface area contributed by atoms with Gasteiger partial charge in [0, 0.05) is 0 Å². The van der Waals surface area contributed by atoms with E-state index >= 15 is 0 Å². The van der Waals surface area contributed by atoms with Gasteiger partial charge in [-0.05, 0) is 11.8 Å². The lowest BCUT2D eigenvalue weighted by Gasteiger charge is -2.05. The van der Waals surface area contributed by atoms with E-state index in [1.54, 1.807) is 0 Å². The Morgan fingerprint density at radius 1 is 1.00 bits per heavy atom. The maximum absolute atomic E-state index is 2.36. The van der Waals surface area contributed by atoms with Gasteiger partial charge in [-0.2, -0.15) is 0 Å². The van der Waals surface area contributed by atoms with Crippen molar-refractivity contribution in [3.05, 3.63) is 0 Å². The van der Waals surface area contributed by atoms with Gasteiger partial charge in [-0.1, -0.05) is 33.1 Å². The quantitative estimate of drug-likeness (QED) is 0.436. The predicted molar refractivity (Wildman–Crippen MR) is 32.2 cm³/mol. The molecule has 2 atom stereocenters. The first-order valence-electron chi connectivity index (χ1n) is 3.30. The van der Waals surface area contributed by atoms with Gasteiger partial charge in [-0.3, -0.25) is 0 Å². The summed E-state index contributed by atoms with van der Waals surface area (Å²) in [4.78, 5) is 0. The largest absolute Gasteiger partial charge is 0.0623 e. The Bertz CT molecular complexity index is 49.1. The summed E-state index contributed by atoms with van der Waals surface area (Å²) >= 11 is 0. The first-order chi connectivity index (χ1) is 3.30. The molecule has 0 aromatic heterocycles. The van der Waals surface area contributed by atoms with Crippen molar-refractivity contribution in [2.24, 2.45) is 11.8 Å². The minimum absolute atomic E-state index is 1.01. The van der Waals surface area contributed by atoms with Crippen molar-refractivity contribution in [3.8, 4) is 0 Å². The summed E-state index contributed by atoms with van der Waals surface area (Å²) in [7, 11) is 0. The third-order valence-corrected chi connectivity index (χ3v) is 2.29. The molecule has 0 spiro atoms. The van der Waals surface area contributed by atoms with Crippen LogP contribution in [-0.4, -0.2) is 0 Å². The van der Waals surface area contributed by atoms with Gasteiger partial charge < -0.3 is 0 Å². The first-order valence-corrected chi connectivity index (χ1v) is 3.30. The van der Waals surface area contributed by atoms with Gasteiger partial charge >= 0.3 is 0 Å². The molecular weight excluding hydrogens is 84.1 g/mol. The molecule has 1 fully saturated rings. The van der Waals surface area contributed by atoms with Crippen LogP contribution < -0.4 is 0 Å². The summed E-state index contributed by atoms with van der Waals surface area (Å²) in [5, 5.41) is 0. The van der Waals surface area contributed by atoms with Crippen LogP contribution in [0.5, 0.6) is 0 Å². The fourth-order valence-corrected chi connectivity index (χ4v) is 1.33. The number of hydrogen-bond acceptors (Lipinski definition) is 0. The summed E-state index contributed by atoms with van der Waals surface area (Å²) in [5.74, 6) is 2.03. The molecule has 0 saturated heterocycles. The van der Waals surface area contributed by atoms with Crippen molar-refractivity contribution in [3.63, 3.8) is 0 Å². The van der Waals surface area contributed by atoms with Crippen LogP contribution in [-0.2, 0) is 0 Å². The van der Waals surface area contributed by atoms with Crippen molar-refractivity contribution in [1.29, 1.82) is 0 Å². The van der Waals surface area contributed by atoms with E-state index in [0.717, 1.165) is 11.8 Å². The van der Waals surface area contributed by atoms with Crippen LogP contribution >= 0.6 is 0 Å². The summed E-state index contributed by atoms with van der Waals surface area (Å²) < 4.78 is 0. The van der Waals surface area contributed by atoms with Crippen molar-refractivity contribution in [1.82, 2.24) is 0 Å². The average molecular weight is 98.2 g/mol. The Morgan fingerprint density at radius 2 is 1.43 bits per heavy atom. The number of rotatable bonds is 0. The second kappa shape index (κ2) is 1.85. The molecule has 0 N–H and O–H groups in total. The second-order valence-electron chi connectivity index (χ2n) is 2.89. The normalized spacial score (nSPS) is 42.0. The van der Waals surface area contributed by atoms with E-state index in [2.05, 4.69) is 13.8 Å². The lowest BCUT2D eigenvalue weighted by atomic mass is 10.0. The van der Waals surface area contributed by atoms with E-state index in [1.807, 2.05) is 0 Å². The van der Waals surface area contributed by atoms with Crippen molar-refractivity contribution in [2.45, 2.75) is 33.1 Å². The average Bonchev–Trinajstić information content (AvgIpc) is 1.91. The highest BCUT2D eigenvalue weighted by molar-refractivity contribution is 4.69. The van der Waals surface area contributed by atoms with E-state index in [1.165, 1.54) is 19.3 Å². The summed E-state index contributed by atoms with van der Waals surface area (Å²) in [6, 6.07) is 0. The van der Waals surface area contributed by atoms with Crippen LogP contribution in [0.4, 0.5) is 0 Å². The van der Waals surface area contributed by atoms with Gasteiger partial charge in [0.1, 0.15) is 0 Å². The van der Waals surface area contributed by atoms with E-state index in [0.29, 0.717) is 0 Å². The smallest absolute Gasteiger partial charge is 0.0417 e. The van der Waals surface area contributed by atoms with Crippen LogP contribution in [0.25, 0.3) is 0 Å². The molecule has 0 amide bonds. The van der Waals surface area contributed by atoms with Gasteiger partial charge in [0.2, 0.25) is 0 Å². The molecule has 0 aromatic carbocycles. The molecule has 1 rings (SSSR count). The van der Waals surface area contributed by atoms with Gasteiger partial charge in [-0.15, -0.1) is 0 Å². The second-order valence-corrected chi connectivity index (χ2v) is 2.89. The molecule has 7 heavy (non-hydrogen) atoms. The zero-order valence-electron chi connectivity index (χ0n) is 5.28. The van der Waals surface area contributed by atoms with Gasteiger partial charge in [0.15, 0.2) is 0 Å². The van der Waals surface area contributed by atoms with Crippen molar-refractivity contribution >= 4 is 0 Å². The molecule has 0 aromatic rings. The SMILES string of the molecule is CC1CCC[C@H]1C. The van der Waals surface area contributed by atoms with Crippen LogP contribution in [0.15, 0.2) is 0 Å². The standard InChI is InChI=1S/C7H14/c1-6-4-3-5-7(6)2/h6-7H,3-5H2,1-2H3/t6-,7?/m1/s1. The Morgan fingerprint density at radius 3 is 1.57 bits per heavy atom. The summed E-state index contributed by atoms with van der Waals surface area (Å²) in [6.07, 6.45) is 4.42. The summed E-state index contributed by atoms with van der Waals surface area (Å²) in [5.41, 5.74) is 0. The highest BCUT2D eigenvalue weighted by Gasteiger charge is 2.17. The van der Waals surface area contributed by atoms with Crippen LogP contribution in [0, 0.1) is 11.8 Å². The fourth-order valence-electron chi connectivity index (χ4n) is 1.33. The minimum Gasteiger partial charge on any atom is -0.0623 e. The fraction of sp³-hybridized carbons (Fsp3) is 1.00. The van der Waals surface area contributed by atoms with Gasteiger partial charge in [0.05, 0.1) is 0 Å². The Hall–Kier alpha value is 0. The monoisotopic (exact) mass is 98.1 g/mol. The van der Waals surface area contributed by atoms with E-state index in [4.69, 9.17) is 0 Å². The van der Waals surface area contributed by atoms with Crippen molar-refractivity contribution in [2.75, 3.05) is 0 Å². The Kier molecular flexibility index (Phi) is 1.36. The van der Waals surface area contributed by atoms with Crippen LogP contribution in [0.2, 0.25) is 0 Å². The molecule has 1 saturated carbocycles. The third kappa shape index (κ3) is 0.960. The van der Waals surface area contributed by atoms with E-state index in [-0.39, 0.29) is 0 Å². The summed E-state index contributed by atoms with van der Waals surface area (Å²) in [6.45, 7) is 4.72. The molecule has 0 bridgehead atoms. The third-order valence-electron chi connectivity index (χ3n) is 2.29. The minimum atomic E-state index is 1.01. The van der Waals surface area contributed by atoms with Gasteiger partial charge in [-0.25, -0.2) is 0 Å². The maximum atomic E-state index is 2.36. The highest BCUT2D eigenvalue weighted by atomic mass is 14.2. The molecule has 0 nitrogen and oxygen atoms in total.